The van der Waals surface area contributed by atoms with E-state index in [-0.39, 0.29) is 17.7 Å². The number of furan rings is 1. The van der Waals surface area contributed by atoms with Crippen LogP contribution in [0.3, 0.4) is 0 Å². The number of nitrogens with one attached hydrogen (secondary N) is 2. The summed E-state index contributed by atoms with van der Waals surface area (Å²) in [6, 6.07) is 2.11. The topological polar surface area (TPSA) is 63.5 Å². The van der Waals surface area contributed by atoms with Gasteiger partial charge in [-0.3, -0.25) is 0 Å². The van der Waals surface area contributed by atoms with Gasteiger partial charge in [0, 0.05) is 18.2 Å². The zero-order chi connectivity index (χ0) is 16.8. The van der Waals surface area contributed by atoms with Gasteiger partial charge in [-0.1, -0.05) is 13.8 Å². The Morgan fingerprint density at radius 2 is 1.95 bits per heavy atom. The smallest absolute Gasteiger partial charge is 0.408 e. The fourth-order valence-corrected chi connectivity index (χ4v) is 2.23. The second-order valence-electron chi connectivity index (χ2n) is 6.77. The quantitative estimate of drug-likeness (QED) is 0.798. The van der Waals surface area contributed by atoms with Crippen molar-refractivity contribution in [2.24, 2.45) is 0 Å². The zero-order valence-electron chi connectivity index (χ0n) is 14.7. The second-order valence-corrected chi connectivity index (χ2v) is 6.77. The number of ether oxygens (including phenoxy) is 1. The summed E-state index contributed by atoms with van der Waals surface area (Å²) in [4.78, 5) is 12.1. The average molecular weight is 310 g/mol. The first-order valence-corrected chi connectivity index (χ1v) is 7.98. The minimum atomic E-state index is -0.491. The first-order valence-electron chi connectivity index (χ1n) is 7.98. The third kappa shape index (κ3) is 5.72. The highest BCUT2D eigenvalue weighted by atomic mass is 16.6. The zero-order valence-corrected chi connectivity index (χ0v) is 14.7. The van der Waals surface area contributed by atoms with Gasteiger partial charge in [0.15, 0.2) is 0 Å². The summed E-state index contributed by atoms with van der Waals surface area (Å²) in [5.41, 5.74) is 0.285. The molecule has 0 aliphatic carbocycles. The monoisotopic (exact) mass is 310 g/mol. The van der Waals surface area contributed by atoms with Gasteiger partial charge >= 0.3 is 6.09 Å². The van der Waals surface area contributed by atoms with Crippen molar-refractivity contribution >= 4 is 6.09 Å². The van der Waals surface area contributed by atoms with Crippen molar-refractivity contribution in [3.05, 3.63) is 24.2 Å². The molecule has 1 unspecified atom stereocenters. The molecule has 0 saturated heterocycles. The van der Waals surface area contributed by atoms with Crippen molar-refractivity contribution in [3.63, 3.8) is 0 Å². The molecule has 1 heterocycles. The number of carbonyl (C=O) groups excluding carboxylic acids is 1. The third-order valence-corrected chi connectivity index (χ3v) is 3.91. The minimum Gasteiger partial charge on any atom is -0.472 e. The van der Waals surface area contributed by atoms with Gasteiger partial charge in [0.05, 0.1) is 18.1 Å². The molecule has 5 heteroatoms. The highest BCUT2D eigenvalue weighted by Gasteiger charge is 2.30. The molecule has 1 aromatic rings. The first kappa shape index (κ1) is 18.6. The van der Waals surface area contributed by atoms with E-state index in [2.05, 4.69) is 31.4 Å². The number of alkyl carbamates (subject to hydrolysis) is 1. The Morgan fingerprint density at radius 3 is 2.41 bits per heavy atom. The molecule has 1 aromatic heterocycles. The fourth-order valence-electron chi connectivity index (χ4n) is 2.23. The SMILES string of the molecule is CCC(CC)(CNC(C)c1ccoc1)NC(=O)OC(C)(C)C. The van der Waals surface area contributed by atoms with Crippen LogP contribution in [-0.2, 0) is 4.74 Å². The van der Waals surface area contributed by atoms with Crippen LogP contribution in [0, 0.1) is 0 Å². The summed E-state index contributed by atoms with van der Waals surface area (Å²) in [6.07, 6.45) is 4.69. The predicted molar refractivity (Wildman–Crippen MR) is 87.8 cm³/mol. The molecule has 0 bridgehead atoms. The number of carbonyl (C=O) groups is 1. The van der Waals surface area contributed by atoms with Gasteiger partial charge in [-0.05, 0) is 46.6 Å². The standard InChI is InChI=1S/C17H30N2O3/c1-7-17(8-2,19-15(20)22-16(4,5)6)12-18-13(3)14-9-10-21-11-14/h9-11,13,18H,7-8,12H2,1-6H3,(H,19,20). The van der Waals surface area contributed by atoms with Crippen LogP contribution in [0.5, 0.6) is 0 Å². The van der Waals surface area contributed by atoms with Crippen molar-refractivity contribution in [3.8, 4) is 0 Å². The Hall–Kier alpha value is -1.49. The van der Waals surface area contributed by atoms with Crippen LogP contribution >= 0.6 is 0 Å². The Bertz CT molecular complexity index is 445. The van der Waals surface area contributed by atoms with Gasteiger partial charge in [0.1, 0.15) is 5.60 Å². The lowest BCUT2D eigenvalue weighted by Gasteiger charge is -2.35. The van der Waals surface area contributed by atoms with E-state index in [9.17, 15) is 4.79 Å². The van der Waals surface area contributed by atoms with Gasteiger partial charge in [0.2, 0.25) is 0 Å². The molecule has 22 heavy (non-hydrogen) atoms. The summed E-state index contributed by atoms with van der Waals surface area (Å²) in [5, 5.41) is 6.51. The highest BCUT2D eigenvalue weighted by molar-refractivity contribution is 5.68. The van der Waals surface area contributed by atoms with Gasteiger partial charge in [0.25, 0.3) is 0 Å². The molecule has 2 N–H and O–H groups in total. The summed E-state index contributed by atoms with van der Waals surface area (Å²) in [5.74, 6) is 0. The molecule has 0 fully saturated rings. The molecular weight excluding hydrogens is 280 g/mol. The van der Waals surface area contributed by atoms with Gasteiger partial charge < -0.3 is 19.8 Å². The van der Waals surface area contributed by atoms with Crippen molar-refractivity contribution in [2.45, 2.75) is 71.6 Å². The lowest BCUT2D eigenvalue weighted by atomic mass is 9.92. The molecule has 0 aromatic carbocycles. The number of rotatable bonds is 7. The maximum Gasteiger partial charge on any atom is 0.408 e. The van der Waals surface area contributed by atoms with Gasteiger partial charge in [-0.2, -0.15) is 0 Å². The van der Waals surface area contributed by atoms with E-state index in [1.54, 1.807) is 12.5 Å². The van der Waals surface area contributed by atoms with Crippen molar-refractivity contribution in [1.82, 2.24) is 10.6 Å². The number of hydrogen-bond acceptors (Lipinski definition) is 4. The van der Waals surface area contributed by atoms with Crippen LogP contribution in [0.4, 0.5) is 4.79 Å². The van der Waals surface area contributed by atoms with E-state index in [0.717, 1.165) is 18.4 Å². The van der Waals surface area contributed by atoms with Crippen LogP contribution in [0.25, 0.3) is 0 Å². The van der Waals surface area contributed by atoms with E-state index in [1.165, 1.54) is 0 Å². The van der Waals surface area contributed by atoms with Crippen LogP contribution in [0.1, 0.15) is 66.0 Å². The summed E-state index contributed by atoms with van der Waals surface area (Å²) < 4.78 is 10.5. The van der Waals surface area contributed by atoms with E-state index in [1.807, 2.05) is 26.8 Å². The molecule has 0 aliphatic heterocycles. The molecule has 1 atom stereocenters. The van der Waals surface area contributed by atoms with Crippen LogP contribution < -0.4 is 10.6 Å². The normalized spacial score (nSPS) is 13.7. The van der Waals surface area contributed by atoms with Crippen LogP contribution in [-0.4, -0.2) is 23.8 Å². The first-order chi connectivity index (χ1) is 10.2. The van der Waals surface area contributed by atoms with E-state index in [0.29, 0.717) is 6.54 Å². The molecule has 126 valence electrons. The van der Waals surface area contributed by atoms with Crippen molar-refractivity contribution in [1.29, 1.82) is 0 Å². The summed E-state index contributed by atoms with van der Waals surface area (Å²) in [6.45, 7) is 12.5. The maximum absolute atomic E-state index is 12.1. The van der Waals surface area contributed by atoms with E-state index < -0.39 is 5.60 Å². The fraction of sp³-hybridized carbons (Fsp3) is 0.706. The highest BCUT2D eigenvalue weighted by Crippen LogP contribution is 2.19. The minimum absolute atomic E-state index is 0.164. The van der Waals surface area contributed by atoms with E-state index in [4.69, 9.17) is 9.15 Å². The molecular formula is C17H30N2O3. The van der Waals surface area contributed by atoms with Crippen molar-refractivity contribution in [2.75, 3.05) is 6.54 Å². The lowest BCUT2D eigenvalue weighted by Crippen LogP contribution is -2.55. The van der Waals surface area contributed by atoms with E-state index >= 15 is 0 Å². The second kappa shape index (κ2) is 7.68. The molecule has 0 radical (unpaired) electrons. The largest absolute Gasteiger partial charge is 0.472 e. The van der Waals surface area contributed by atoms with Crippen LogP contribution in [0.15, 0.2) is 23.0 Å². The van der Waals surface area contributed by atoms with Gasteiger partial charge in [-0.15, -0.1) is 0 Å². The Balaban J connectivity index is 2.64. The molecule has 0 aliphatic rings. The Kier molecular flexibility index (Phi) is 6.48. The number of amides is 1. The molecule has 1 amide bonds. The number of hydrogen-bond donors (Lipinski definition) is 2. The molecule has 1 rings (SSSR count). The summed E-state index contributed by atoms with van der Waals surface area (Å²) in [7, 11) is 0. The Labute approximate surface area is 133 Å². The molecule has 5 nitrogen and oxygen atoms in total. The lowest BCUT2D eigenvalue weighted by molar-refractivity contribution is 0.0444. The maximum atomic E-state index is 12.1. The predicted octanol–water partition coefficient (Wildman–Crippen LogP) is 4.01. The average Bonchev–Trinajstić information content (AvgIpc) is 2.95. The molecule has 0 spiro atoms. The van der Waals surface area contributed by atoms with Crippen molar-refractivity contribution < 1.29 is 13.9 Å². The van der Waals surface area contributed by atoms with Gasteiger partial charge in [-0.25, -0.2) is 4.79 Å². The Morgan fingerprint density at radius 1 is 1.32 bits per heavy atom. The third-order valence-electron chi connectivity index (χ3n) is 3.91. The van der Waals surface area contributed by atoms with Crippen LogP contribution in [0.2, 0.25) is 0 Å². The summed E-state index contributed by atoms with van der Waals surface area (Å²) >= 11 is 0. The molecule has 0 saturated carbocycles.